The van der Waals surface area contributed by atoms with Crippen molar-refractivity contribution in [2.75, 3.05) is 13.1 Å². The molecule has 0 aromatic heterocycles. The number of rotatable bonds is 3. The number of carbonyl (C=O) groups is 3. The van der Waals surface area contributed by atoms with E-state index in [2.05, 4.69) is 15.9 Å². The summed E-state index contributed by atoms with van der Waals surface area (Å²) in [5.74, 6) is -1.35. The first-order valence-corrected chi connectivity index (χ1v) is 10.4. The molecule has 1 saturated heterocycles. The van der Waals surface area contributed by atoms with Crippen LogP contribution in [0.25, 0.3) is 0 Å². The maximum Gasteiger partial charge on any atom is 0.261 e. The molecule has 0 aliphatic carbocycles. The highest BCUT2D eigenvalue weighted by Gasteiger charge is 2.41. The molecule has 7 heteroatoms. The van der Waals surface area contributed by atoms with Crippen molar-refractivity contribution in [1.29, 1.82) is 0 Å². The fourth-order valence-electron chi connectivity index (χ4n) is 4.19. The molecule has 150 valence electrons. The van der Waals surface area contributed by atoms with Crippen molar-refractivity contribution in [3.8, 4) is 0 Å². The van der Waals surface area contributed by atoms with Gasteiger partial charge in [-0.25, -0.2) is 4.39 Å². The van der Waals surface area contributed by atoms with Gasteiger partial charge < -0.3 is 4.90 Å². The first kappa shape index (κ1) is 19.8. The molecule has 0 N–H and O–H groups in total. The number of hydrogen-bond acceptors (Lipinski definition) is 3. The van der Waals surface area contributed by atoms with Crippen molar-refractivity contribution >= 4 is 33.7 Å². The fraction of sp³-hybridized carbons (Fsp3) is 0.318. The first-order valence-electron chi connectivity index (χ1n) is 9.59. The molecule has 29 heavy (non-hydrogen) atoms. The average molecular weight is 459 g/mol. The van der Waals surface area contributed by atoms with Crippen molar-refractivity contribution in [2.45, 2.75) is 25.8 Å². The number of imide groups is 1. The maximum absolute atomic E-state index is 13.7. The van der Waals surface area contributed by atoms with Crippen LogP contribution in [0, 0.1) is 11.7 Å². The van der Waals surface area contributed by atoms with E-state index in [1.54, 1.807) is 29.2 Å². The third-order valence-electron chi connectivity index (χ3n) is 5.78. The Bertz CT molecular complexity index is 974. The molecule has 2 aliphatic heterocycles. The van der Waals surface area contributed by atoms with E-state index in [9.17, 15) is 18.8 Å². The van der Waals surface area contributed by atoms with E-state index in [4.69, 9.17) is 0 Å². The molecule has 2 aromatic rings. The Morgan fingerprint density at radius 2 is 1.79 bits per heavy atom. The smallest absolute Gasteiger partial charge is 0.261 e. The van der Waals surface area contributed by atoms with Gasteiger partial charge in [0.25, 0.3) is 17.7 Å². The zero-order valence-electron chi connectivity index (χ0n) is 15.9. The minimum absolute atomic E-state index is 0.101. The minimum Gasteiger partial charge on any atom is -0.334 e. The highest BCUT2D eigenvalue weighted by molar-refractivity contribution is 9.10. The molecule has 4 rings (SSSR count). The molecular weight excluding hydrogens is 439 g/mol. The van der Waals surface area contributed by atoms with Gasteiger partial charge in [0.15, 0.2) is 0 Å². The second-order valence-corrected chi connectivity index (χ2v) is 8.43. The van der Waals surface area contributed by atoms with E-state index < -0.39 is 5.82 Å². The lowest BCUT2D eigenvalue weighted by atomic mass is 9.89. The van der Waals surface area contributed by atoms with Gasteiger partial charge >= 0.3 is 0 Å². The standard InChI is InChI=1S/C22H20BrFN2O3/c1-13-5-4-10-25(22(29)17-11-14(24)8-9-18(17)23)19(13)12-26-20(27)15-6-2-3-7-16(15)21(26)28/h2-3,6-9,11,13,19H,4-5,10,12H2,1H3/t13-,19-/m1/s1. The Morgan fingerprint density at radius 1 is 1.14 bits per heavy atom. The number of likely N-dealkylation sites (tertiary alicyclic amines) is 1. The summed E-state index contributed by atoms with van der Waals surface area (Å²) in [5, 5.41) is 0. The van der Waals surface area contributed by atoms with Gasteiger partial charge in [-0.1, -0.05) is 19.1 Å². The molecule has 0 spiro atoms. The Kier molecular flexibility index (Phi) is 5.25. The van der Waals surface area contributed by atoms with Crippen LogP contribution < -0.4 is 0 Å². The second-order valence-electron chi connectivity index (χ2n) is 7.58. The van der Waals surface area contributed by atoms with Gasteiger partial charge in [0.05, 0.1) is 29.3 Å². The van der Waals surface area contributed by atoms with Gasteiger partial charge in [-0.2, -0.15) is 0 Å². The summed E-state index contributed by atoms with van der Waals surface area (Å²) >= 11 is 3.33. The SMILES string of the molecule is C[C@@H]1CCCN(C(=O)c2cc(F)ccc2Br)[C@@H]1CN1C(=O)c2ccccc2C1=O. The number of benzene rings is 2. The van der Waals surface area contributed by atoms with Crippen LogP contribution in [-0.4, -0.2) is 46.7 Å². The van der Waals surface area contributed by atoms with Crippen LogP contribution in [0.5, 0.6) is 0 Å². The maximum atomic E-state index is 13.7. The van der Waals surface area contributed by atoms with Crippen LogP contribution in [0.1, 0.15) is 50.8 Å². The predicted octanol–water partition coefficient (Wildman–Crippen LogP) is 4.13. The third kappa shape index (κ3) is 3.48. The van der Waals surface area contributed by atoms with E-state index in [0.717, 1.165) is 12.8 Å². The lowest BCUT2D eigenvalue weighted by molar-refractivity contribution is 0.0368. The van der Waals surface area contributed by atoms with Crippen molar-refractivity contribution < 1.29 is 18.8 Å². The van der Waals surface area contributed by atoms with E-state index in [-0.39, 0.29) is 41.8 Å². The van der Waals surface area contributed by atoms with Crippen LogP contribution in [-0.2, 0) is 0 Å². The molecule has 0 unspecified atom stereocenters. The van der Waals surface area contributed by atoms with E-state index in [0.29, 0.717) is 22.1 Å². The Hall–Kier alpha value is -2.54. The molecule has 5 nitrogen and oxygen atoms in total. The predicted molar refractivity (Wildman–Crippen MR) is 109 cm³/mol. The van der Waals surface area contributed by atoms with Gasteiger partial charge in [-0.3, -0.25) is 19.3 Å². The molecule has 0 saturated carbocycles. The molecular formula is C22H20BrFN2O3. The summed E-state index contributed by atoms with van der Waals surface area (Å²) in [4.78, 5) is 41.7. The van der Waals surface area contributed by atoms with Crippen molar-refractivity contribution in [1.82, 2.24) is 9.80 Å². The van der Waals surface area contributed by atoms with Crippen LogP contribution in [0.3, 0.4) is 0 Å². The lowest BCUT2D eigenvalue weighted by Crippen LogP contribution is -2.54. The van der Waals surface area contributed by atoms with Crippen molar-refractivity contribution in [2.24, 2.45) is 5.92 Å². The normalized spacial score (nSPS) is 21.5. The van der Waals surface area contributed by atoms with Crippen LogP contribution in [0.15, 0.2) is 46.9 Å². The monoisotopic (exact) mass is 458 g/mol. The van der Waals surface area contributed by atoms with Gasteiger partial charge in [0.1, 0.15) is 5.82 Å². The van der Waals surface area contributed by atoms with Gasteiger partial charge in [-0.15, -0.1) is 0 Å². The molecule has 0 radical (unpaired) electrons. The first-order chi connectivity index (χ1) is 13.9. The lowest BCUT2D eigenvalue weighted by Gasteiger charge is -2.41. The Labute approximate surface area is 176 Å². The summed E-state index contributed by atoms with van der Waals surface area (Å²) in [5.41, 5.74) is 1.03. The molecule has 2 aromatic carbocycles. The third-order valence-corrected chi connectivity index (χ3v) is 6.47. The molecule has 2 aliphatic rings. The Morgan fingerprint density at radius 3 is 2.45 bits per heavy atom. The van der Waals surface area contributed by atoms with Crippen LogP contribution >= 0.6 is 15.9 Å². The summed E-state index contributed by atoms with van der Waals surface area (Å²) in [6.07, 6.45) is 1.71. The van der Waals surface area contributed by atoms with Crippen molar-refractivity contribution in [3.05, 3.63) is 69.4 Å². The zero-order valence-corrected chi connectivity index (χ0v) is 17.5. The quantitative estimate of drug-likeness (QED) is 0.649. The van der Waals surface area contributed by atoms with E-state index in [1.165, 1.54) is 23.1 Å². The largest absolute Gasteiger partial charge is 0.334 e. The number of fused-ring (bicyclic) bond motifs is 1. The second kappa shape index (κ2) is 7.71. The molecule has 2 atom stereocenters. The number of amides is 3. The van der Waals surface area contributed by atoms with Crippen LogP contribution in [0.4, 0.5) is 4.39 Å². The average Bonchev–Trinajstić information content (AvgIpc) is 2.96. The highest BCUT2D eigenvalue weighted by atomic mass is 79.9. The number of carbonyl (C=O) groups excluding carboxylic acids is 3. The van der Waals surface area contributed by atoms with Gasteiger partial charge in [-0.05, 0) is 65.0 Å². The topological polar surface area (TPSA) is 57.7 Å². The Balaban J connectivity index is 1.63. The molecule has 3 amide bonds. The number of hydrogen-bond donors (Lipinski definition) is 0. The fourth-order valence-corrected chi connectivity index (χ4v) is 4.60. The van der Waals surface area contributed by atoms with Crippen molar-refractivity contribution in [3.63, 3.8) is 0 Å². The number of nitrogens with zero attached hydrogens (tertiary/aromatic N) is 2. The van der Waals surface area contributed by atoms with E-state index >= 15 is 0 Å². The van der Waals surface area contributed by atoms with Gasteiger partial charge in [0, 0.05) is 11.0 Å². The number of piperidine rings is 1. The number of halogens is 2. The summed E-state index contributed by atoms with van der Waals surface area (Å²) in [6, 6.07) is 10.4. The van der Waals surface area contributed by atoms with E-state index in [1.807, 2.05) is 6.92 Å². The van der Waals surface area contributed by atoms with Crippen LogP contribution in [0.2, 0.25) is 0 Å². The van der Waals surface area contributed by atoms with Gasteiger partial charge in [0.2, 0.25) is 0 Å². The molecule has 2 heterocycles. The highest BCUT2D eigenvalue weighted by Crippen LogP contribution is 2.30. The molecule has 0 bridgehead atoms. The summed E-state index contributed by atoms with van der Waals surface area (Å²) in [7, 11) is 0. The summed E-state index contributed by atoms with van der Waals surface area (Å²) in [6.45, 7) is 2.65. The molecule has 1 fully saturated rings. The zero-order chi connectivity index (χ0) is 20.7. The minimum atomic E-state index is -0.487. The summed E-state index contributed by atoms with van der Waals surface area (Å²) < 4.78 is 14.3.